The number of aliphatic hydroxyl groups is 1. The minimum Gasteiger partial charge on any atom is -0.389 e. The second-order valence-corrected chi connectivity index (χ2v) is 6.25. The van der Waals surface area contributed by atoms with E-state index in [0.717, 1.165) is 19.6 Å². The Bertz CT molecular complexity index is 606. The predicted octanol–water partition coefficient (Wildman–Crippen LogP) is 3.40. The van der Waals surface area contributed by atoms with Crippen molar-refractivity contribution in [3.63, 3.8) is 0 Å². The highest BCUT2D eigenvalue weighted by Gasteiger charge is 2.33. The van der Waals surface area contributed by atoms with Crippen LogP contribution in [-0.4, -0.2) is 28.7 Å². The molecule has 1 heterocycles. The first-order valence-electron chi connectivity index (χ1n) is 7.87. The molecule has 2 aromatic carbocycles. The highest BCUT2D eigenvalue weighted by molar-refractivity contribution is 5.20. The summed E-state index contributed by atoms with van der Waals surface area (Å²) in [5.74, 6) is -0.220. The van der Waals surface area contributed by atoms with Gasteiger partial charge in [0.2, 0.25) is 0 Å². The fourth-order valence-corrected chi connectivity index (χ4v) is 3.14. The molecule has 3 heteroatoms. The zero-order chi connectivity index (χ0) is 15.4. The van der Waals surface area contributed by atoms with Gasteiger partial charge in [-0.15, -0.1) is 0 Å². The molecule has 1 aliphatic heterocycles. The molecule has 1 aliphatic rings. The fraction of sp³-hybridized carbons (Fsp3) is 0.368. The first-order chi connectivity index (χ1) is 10.6. The minimum absolute atomic E-state index is 0.220. The van der Waals surface area contributed by atoms with Gasteiger partial charge in [0.05, 0.1) is 5.60 Å². The summed E-state index contributed by atoms with van der Waals surface area (Å²) in [6, 6.07) is 17.1. The van der Waals surface area contributed by atoms with E-state index in [-0.39, 0.29) is 5.82 Å². The first kappa shape index (κ1) is 15.2. The number of halogens is 1. The highest BCUT2D eigenvalue weighted by Crippen LogP contribution is 2.28. The van der Waals surface area contributed by atoms with Crippen LogP contribution in [0.3, 0.4) is 0 Å². The average molecular weight is 299 g/mol. The molecular formula is C19H22FNO. The number of rotatable bonds is 4. The molecular weight excluding hydrogens is 277 g/mol. The predicted molar refractivity (Wildman–Crippen MR) is 86.0 cm³/mol. The van der Waals surface area contributed by atoms with Gasteiger partial charge in [0.15, 0.2) is 0 Å². The Morgan fingerprint density at radius 1 is 0.955 bits per heavy atom. The lowest BCUT2D eigenvalue weighted by atomic mass is 9.85. The maximum atomic E-state index is 13.8. The molecule has 2 aromatic rings. The lowest BCUT2D eigenvalue weighted by Crippen LogP contribution is -2.45. The summed E-state index contributed by atoms with van der Waals surface area (Å²) < 4.78 is 13.8. The van der Waals surface area contributed by atoms with Gasteiger partial charge in [0.25, 0.3) is 0 Å². The molecule has 0 aliphatic carbocycles. The van der Waals surface area contributed by atoms with Crippen LogP contribution in [-0.2, 0) is 13.0 Å². The number of piperidine rings is 1. The summed E-state index contributed by atoms with van der Waals surface area (Å²) in [5, 5.41) is 10.7. The summed E-state index contributed by atoms with van der Waals surface area (Å²) in [7, 11) is 0. The van der Waals surface area contributed by atoms with Gasteiger partial charge in [-0.25, -0.2) is 4.39 Å². The van der Waals surface area contributed by atoms with Gasteiger partial charge in [0.1, 0.15) is 5.82 Å². The molecule has 0 bridgehead atoms. The molecule has 0 atom stereocenters. The lowest BCUT2D eigenvalue weighted by molar-refractivity contribution is -0.0230. The summed E-state index contributed by atoms with van der Waals surface area (Å²) in [4.78, 5) is 2.35. The van der Waals surface area contributed by atoms with Crippen molar-refractivity contribution in [2.24, 2.45) is 0 Å². The first-order valence-corrected chi connectivity index (χ1v) is 7.87. The van der Waals surface area contributed by atoms with Gasteiger partial charge in [-0.05, 0) is 30.0 Å². The second-order valence-electron chi connectivity index (χ2n) is 6.25. The molecule has 0 unspecified atom stereocenters. The molecule has 0 spiro atoms. The molecule has 0 aromatic heterocycles. The van der Waals surface area contributed by atoms with Crippen molar-refractivity contribution in [3.8, 4) is 0 Å². The van der Waals surface area contributed by atoms with Crippen LogP contribution in [0.2, 0.25) is 0 Å². The molecule has 22 heavy (non-hydrogen) atoms. The molecule has 3 rings (SSSR count). The van der Waals surface area contributed by atoms with Gasteiger partial charge in [0, 0.05) is 26.1 Å². The van der Waals surface area contributed by atoms with Crippen LogP contribution in [0.1, 0.15) is 24.0 Å². The normalized spacial score (nSPS) is 18.3. The zero-order valence-corrected chi connectivity index (χ0v) is 12.7. The van der Waals surface area contributed by atoms with E-state index < -0.39 is 5.60 Å². The smallest absolute Gasteiger partial charge is 0.126 e. The third kappa shape index (κ3) is 3.73. The average Bonchev–Trinajstić information content (AvgIpc) is 2.53. The van der Waals surface area contributed by atoms with E-state index in [2.05, 4.69) is 17.0 Å². The fourth-order valence-electron chi connectivity index (χ4n) is 3.14. The van der Waals surface area contributed by atoms with Crippen LogP contribution in [0, 0.1) is 5.82 Å². The van der Waals surface area contributed by atoms with Crippen molar-refractivity contribution < 1.29 is 9.50 Å². The summed E-state index contributed by atoms with van der Waals surface area (Å²) in [6.45, 7) is 2.61. The van der Waals surface area contributed by atoms with Crippen molar-refractivity contribution in [3.05, 3.63) is 71.5 Å². The Kier molecular flexibility index (Phi) is 4.55. The van der Waals surface area contributed by atoms with Crippen molar-refractivity contribution in [1.82, 2.24) is 4.90 Å². The minimum atomic E-state index is -0.782. The largest absolute Gasteiger partial charge is 0.389 e. The summed E-state index contributed by atoms with van der Waals surface area (Å²) in [6.07, 6.45) is 1.78. The molecule has 1 saturated heterocycles. The van der Waals surface area contributed by atoms with E-state index in [1.807, 2.05) is 24.3 Å². The lowest BCUT2D eigenvalue weighted by Gasteiger charge is -2.38. The molecule has 116 valence electrons. The van der Waals surface area contributed by atoms with E-state index in [1.54, 1.807) is 12.1 Å². The number of nitrogens with zero attached hydrogens (tertiary/aromatic N) is 1. The SMILES string of the molecule is OC1(Cc2ccccc2F)CCN(Cc2ccccc2)CC1. The molecule has 2 nitrogen and oxygen atoms in total. The van der Waals surface area contributed by atoms with Crippen LogP contribution in [0.15, 0.2) is 54.6 Å². The maximum absolute atomic E-state index is 13.8. The van der Waals surface area contributed by atoms with Crippen LogP contribution in [0.5, 0.6) is 0 Å². The van der Waals surface area contributed by atoms with Crippen LogP contribution >= 0.6 is 0 Å². The molecule has 0 radical (unpaired) electrons. The Labute approximate surface area is 131 Å². The third-order valence-electron chi connectivity index (χ3n) is 4.51. The summed E-state index contributed by atoms with van der Waals surface area (Å²) in [5.41, 5.74) is 1.12. The second kappa shape index (κ2) is 6.59. The van der Waals surface area contributed by atoms with E-state index >= 15 is 0 Å². The van der Waals surface area contributed by atoms with Gasteiger partial charge in [-0.2, -0.15) is 0 Å². The van der Waals surface area contributed by atoms with E-state index in [9.17, 15) is 9.50 Å². The van der Waals surface area contributed by atoms with Crippen molar-refractivity contribution in [1.29, 1.82) is 0 Å². The molecule has 0 amide bonds. The third-order valence-corrected chi connectivity index (χ3v) is 4.51. The van der Waals surface area contributed by atoms with Gasteiger partial charge in [-0.3, -0.25) is 4.90 Å². The quantitative estimate of drug-likeness (QED) is 0.935. The highest BCUT2D eigenvalue weighted by atomic mass is 19.1. The summed E-state index contributed by atoms with van der Waals surface area (Å²) >= 11 is 0. The standard InChI is InChI=1S/C19H22FNO/c20-18-9-5-4-8-17(18)14-19(22)10-12-21(13-11-19)15-16-6-2-1-3-7-16/h1-9,22H,10-15H2. The number of benzene rings is 2. The topological polar surface area (TPSA) is 23.5 Å². The van der Waals surface area contributed by atoms with Crippen LogP contribution in [0.4, 0.5) is 4.39 Å². The van der Waals surface area contributed by atoms with Crippen molar-refractivity contribution >= 4 is 0 Å². The van der Waals surface area contributed by atoms with E-state index in [1.165, 1.54) is 11.6 Å². The zero-order valence-electron chi connectivity index (χ0n) is 12.7. The number of hydrogen-bond acceptors (Lipinski definition) is 2. The molecule has 1 fully saturated rings. The van der Waals surface area contributed by atoms with Crippen molar-refractivity contribution in [2.45, 2.75) is 31.4 Å². The van der Waals surface area contributed by atoms with Crippen LogP contribution < -0.4 is 0 Å². The number of hydrogen-bond donors (Lipinski definition) is 1. The Morgan fingerprint density at radius 2 is 1.59 bits per heavy atom. The van der Waals surface area contributed by atoms with E-state index in [4.69, 9.17) is 0 Å². The molecule has 1 N–H and O–H groups in total. The van der Waals surface area contributed by atoms with Crippen molar-refractivity contribution in [2.75, 3.05) is 13.1 Å². The Hall–Kier alpha value is -1.71. The Morgan fingerprint density at radius 3 is 2.27 bits per heavy atom. The van der Waals surface area contributed by atoms with Gasteiger partial charge in [-0.1, -0.05) is 48.5 Å². The van der Waals surface area contributed by atoms with Gasteiger partial charge >= 0.3 is 0 Å². The monoisotopic (exact) mass is 299 g/mol. The molecule has 0 saturated carbocycles. The van der Waals surface area contributed by atoms with Gasteiger partial charge < -0.3 is 5.11 Å². The number of likely N-dealkylation sites (tertiary alicyclic amines) is 1. The van der Waals surface area contributed by atoms with Crippen LogP contribution in [0.25, 0.3) is 0 Å². The Balaban J connectivity index is 1.57. The van der Waals surface area contributed by atoms with E-state index in [0.29, 0.717) is 24.8 Å². The maximum Gasteiger partial charge on any atom is 0.126 e.